The van der Waals surface area contributed by atoms with Crippen molar-refractivity contribution < 1.29 is 13.2 Å². The highest BCUT2D eigenvalue weighted by Crippen LogP contribution is 2.19. The molecule has 158 valence electrons. The van der Waals surface area contributed by atoms with E-state index in [4.69, 9.17) is 0 Å². The Kier molecular flexibility index (Phi) is 7.81. The van der Waals surface area contributed by atoms with E-state index in [0.29, 0.717) is 18.7 Å². The number of hydrogen-bond acceptors (Lipinski definition) is 4. The first-order chi connectivity index (χ1) is 13.7. The molecule has 0 saturated carbocycles. The van der Waals surface area contributed by atoms with Crippen LogP contribution in [0.1, 0.15) is 36.7 Å². The topological polar surface area (TPSA) is 69.7 Å². The third-order valence-electron chi connectivity index (χ3n) is 5.01. The van der Waals surface area contributed by atoms with Crippen LogP contribution in [0.25, 0.3) is 0 Å². The van der Waals surface area contributed by atoms with Crippen molar-refractivity contribution in [1.29, 1.82) is 0 Å². The molecule has 0 radical (unpaired) electrons. The average molecular weight is 418 g/mol. The second-order valence-corrected chi connectivity index (χ2v) is 9.26. The molecule has 0 aromatic heterocycles. The van der Waals surface area contributed by atoms with Crippen LogP contribution in [0.15, 0.2) is 53.4 Å². The monoisotopic (exact) mass is 417 g/mol. The van der Waals surface area contributed by atoms with E-state index in [1.54, 1.807) is 12.1 Å². The molecule has 0 fully saturated rings. The SMILES string of the molecule is CCN(CCNC(=O)c1cccc(S(=O)(=O)N(C)C(C)C)c1)c1ccccc1C. The van der Waals surface area contributed by atoms with E-state index in [1.807, 2.05) is 26.0 Å². The van der Waals surface area contributed by atoms with Crippen molar-refractivity contribution in [2.75, 3.05) is 31.6 Å². The standard InChI is InChI=1S/C22H31N3O3S/c1-6-25(21-13-8-7-10-18(21)4)15-14-23-22(26)19-11-9-12-20(16-19)29(27,28)24(5)17(2)3/h7-13,16-17H,6,14-15H2,1-5H3,(H,23,26). The Bertz CT molecular complexity index is 942. The lowest BCUT2D eigenvalue weighted by Crippen LogP contribution is -2.35. The van der Waals surface area contributed by atoms with Gasteiger partial charge in [-0.15, -0.1) is 0 Å². The third-order valence-corrected chi connectivity index (χ3v) is 7.04. The molecule has 29 heavy (non-hydrogen) atoms. The Balaban J connectivity index is 2.05. The van der Waals surface area contributed by atoms with E-state index in [0.717, 1.165) is 12.2 Å². The van der Waals surface area contributed by atoms with Crippen LogP contribution in [0.4, 0.5) is 5.69 Å². The van der Waals surface area contributed by atoms with Crippen molar-refractivity contribution in [3.8, 4) is 0 Å². The van der Waals surface area contributed by atoms with Crippen molar-refractivity contribution >= 4 is 21.6 Å². The van der Waals surface area contributed by atoms with Gasteiger partial charge >= 0.3 is 0 Å². The van der Waals surface area contributed by atoms with Gasteiger partial charge in [-0.1, -0.05) is 24.3 Å². The zero-order chi connectivity index (χ0) is 21.6. The number of nitrogens with one attached hydrogen (secondary N) is 1. The summed E-state index contributed by atoms with van der Waals surface area (Å²) in [5.74, 6) is -0.282. The third kappa shape index (κ3) is 5.58. The maximum atomic E-state index is 12.7. The number of para-hydroxylation sites is 1. The van der Waals surface area contributed by atoms with E-state index in [-0.39, 0.29) is 16.8 Å². The molecule has 0 unspecified atom stereocenters. The number of amides is 1. The van der Waals surface area contributed by atoms with Gasteiger partial charge in [-0.05, 0) is 57.5 Å². The fourth-order valence-corrected chi connectivity index (χ4v) is 4.43. The first kappa shape index (κ1) is 22.9. The summed E-state index contributed by atoms with van der Waals surface area (Å²) in [4.78, 5) is 14.9. The minimum Gasteiger partial charge on any atom is -0.370 e. The number of hydrogen-bond donors (Lipinski definition) is 1. The average Bonchev–Trinajstić information content (AvgIpc) is 2.71. The summed E-state index contributed by atoms with van der Waals surface area (Å²) in [5, 5.41) is 2.89. The van der Waals surface area contributed by atoms with Crippen LogP contribution in [0.2, 0.25) is 0 Å². The first-order valence-corrected chi connectivity index (χ1v) is 11.3. The molecule has 7 heteroatoms. The molecule has 0 heterocycles. The molecular formula is C22H31N3O3S. The number of benzene rings is 2. The summed E-state index contributed by atoms with van der Waals surface area (Å²) in [6, 6.07) is 14.2. The quantitative estimate of drug-likeness (QED) is 0.680. The van der Waals surface area contributed by atoms with Gasteiger partial charge in [0.05, 0.1) is 4.90 Å². The summed E-state index contributed by atoms with van der Waals surface area (Å²) in [5.41, 5.74) is 2.67. The maximum absolute atomic E-state index is 12.7. The van der Waals surface area contributed by atoms with Gasteiger partial charge in [0.1, 0.15) is 0 Å². The van der Waals surface area contributed by atoms with Gasteiger partial charge in [0.15, 0.2) is 0 Å². The highest BCUT2D eigenvalue weighted by molar-refractivity contribution is 7.89. The van der Waals surface area contributed by atoms with Gasteiger partial charge in [0, 0.05) is 44.0 Å². The molecule has 0 spiro atoms. The molecule has 2 aromatic rings. The maximum Gasteiger partial charge on any atom is 0.251 e. The zero-order valence-electron chi connectivity index (χ0n) is 17.8. The van der Waals surface area contributed by atoms with Crippen LogP contribution in [0, 0.1) is 6.92 Å². The van der Waals surface area contributed by atoms with Crippen molar-refractivity contribution in [1.82, 2.24) is 9.62 Å². The van der Waals surface area contributed by atoms with Crippen LogP contribution >= 0.6 is 0 Å². The Hall–Kier alpha value is -2.38. The number of aryl methyl sites for hydroxylation is 1. The van der Waals surface area contributed by atoms with Gasteiger partial charge in [-0.2, -0.15) is 4.31 Å². The van der Waals surface area contributed by atoms with E-state index in [2.05, 4.69) is 36.2 Å². The van der Waals surface area contributed by atoms with Crippen molar-refractivity contribution in [3.63, 3.8) is 0 Å². The Morgan fingerprint density at radius 1 is 1.10 bits per heavy atom. The highest BCUT2D eigenvalue weighted by atomic mass is 32.2. The zero-order valence-corrected chi connectivity index (χ0v) is 18.7. The Morgan fingerprint density at radius 3 is 2.41 bits per heavy atom. The molecule has 0 saturated heterocycles. The summed E-state index contributed by atoms with van der Waals surface area (Å²) in [6.07, 6.45) is 0. The summed E-state index contributed by atoms with van der Waals surface area (Å²) in [7, 11) is -2.09. The molecule has 0 aliphatic carbocycles. The number of sulfonamides is 1. The first-order valence-electron chi connectivity index (χ1n) is 9.85. The molecule has 0 aliphatic heterocycles. The molecule has 1 N–H and O–H groups in total. The fourth-order valence-electron chi connectivity index (χ4n) is 3.02. The highest BCUT2D eigenvalue weighted by Gasteiger charge is 2.23. The molecule has 0 bridgehead atoms. The van der Waals surface area contributed by atoms with E-state index in [1.165, 1.54) is 29.0 Å². The normalized spacial score (nSPS) is 11.7. The van der Waals surface area contributed by atoms with Crippen LogP contribution < -0.4 is 10.2 Å². The number of anilines is 1. The van der Waals surface area contributed by atoms with Crippen LogP contribution in [-0.2, 0) is 10.0 Å². The Labute approximate surface area is 174 Å². The molecule has 1 amide bonds. The number of carbonyl (C=O) groups is 1. The van der Waals surface area contributed by atoms with Crippen molar-refractivity contribution in [3.05, 3.63) is 59.7 Å². The van der Waals surface area contributed by atoms with Crippen LogP contribution in [0.3, 0.4) is 0 Å². The lowest BCUT2D eigenvalue weighted by molar-refractivity contribution is 0.0954. The number of rotatable bonds is 9. The van der Waals surface area contributed by atoms with Gasteiger partial charge in [-0.25, -0.2) is 8.42 Å². The lowest BCUT2D eigenvalue weighted by atomic mass is 10.2. The van der Waals surface area contributed by atoms with Gasteiger partial charge < -0.3 is 10.2 Å². The van der Waals surface area contributed by atoms with Gasteiger partial charge in [0.25, 0.3) is 5.91 Å². The minimum atomic E-state index is -3.63. The summed E-state index contributed by atoms with van der Waals surface area (Å²) in [6.45, 7) is 9.72. The molecule has 6 nitrogen and oxygen atoms in total. The smallest absolute Gasteiger partial charge is 0.251 e. The summed E-state index contributed by atoms with van der Waals surface area (Å²) < 4.78 is 26.6. The van der Waals surface area contributed by atoms with Crippen LogP contribution in [-0.4, -0.2) is 51.4 Å². The molecular weight excluding hydrogens is 386 g/mol. The van der Waals surface area contributed by atoms with Gasteiger partial charge in [-0.3, -0.25) is 4.79 Å². The van der Waals surface area contributed by atoms with Crippen LogP contribution in [0.5, 0.6) is 0 Å². The summed E-state index contributed by atoms with van der Waals surface area (Å²) >= 11 is 0. The second-order valence-electron chi connectivity index (χ2n) is 7.26. The van der Waals surface area contributed by atoms with E-state index < -0.39 is 10.0 Å². The van der Waals surface area contributed by atoms with Crippen molar-refractivity contribution in [2.45, 2.75) is 38.6 Å². The van der Waals surface area contributed by atoms with Gasteiger partial charge in [0.2, 0.25) is 10.0 Å². The minimum absolute atomic E-state index is 0.122. The number of nitrogens with zero attached hydrogens (tertiary/aromatic N) is 2. The molecule has 2 rings (SSSR count). The fraction of sp³-hybridized carbons (Fsp3) is 0.409. The molecule has 2 aromatic carbocycles. The predicted octanol–water partition coefficient (Wildman–Crippen LogP) is 3.28. The second kappa shape index (κ2) is 9.89. The number of likely N-dealkylation sites (N-methyl/N-ethyl adjacent to an activating group) is 1. The number of carbonyl (C=O) groups excluding carboxylic acids is 1. The predicted molar refractivity (Wildman–Crippen MR) is 118 cm³/mol. The van der Waals surface area contributed by atoms with Crippen molar-refractivity contribution in [2.24, 2.45) is 0 Å². The largest absolute Gasteiger partial charge is 0.370 e. The molecule has 0 aliphatic rings. The molecule has 0 atom stereocenters. The Morgan fingerprint density at radius 2 is 1.79 bits per heavy atom. The lowest BCUT2D eigenvalue weighted by Gasteiger charge is -2.25. The van der Waals surface area contributed by atoms with E-state index >= 15 is 0 Å². The van der Waals surface area contributed by atoms with E-state index in [9.17, 15) is 13.2 Å².